The highest BCUT2D eigenvalue weighted by molar-refractivity contribution is 5.38. The molecule has 0 saturated carbocycles. The van der Waals surface area contributed by atoms with E-state index in [0.717, 1.165) is 25.2 Å². The summed E-state index contributed by atoms with van der Waals surface area (Å²) in [7, 11) is 4.25. The molecule has 0 bridgehead atoms. The van der Waals surface area contributed by atoms with Crippen LogP contribution in [-0.4, -0.2) is 50.1 Å². The quantitative estimate of drug-likeness (QED) is 0.853. The Hall–Kier alpha value is -1.41. The molecule has 1 unspecified atom stereocenters. The van der Waals surface area contributed by atoms with Crippen LogP contribution in [0.15, 0.2) is 18.2 Å². The van der Waals surface area contributed by atoms with Crippen molar-refractivity contribution in [3.63, 3.8) is 0 Å². The summed E-state index contributed by atoms with van der Waals surface area (Å²) in [6, 6.07) is 4.99. The third-order valence-corrected chi connectivity index (χ3v) is 3.80. The molecule has 1 fully saturated rings. The molecular formula is C17H24FN3. The molecule has 0 aliphatic carbocycles. The number of hydrogen-bond donors (Lipinski definition) is 1. The van der Waals surface area contributed by atoms with E-state index in [2.05, 4.69) is 35.7 Å². The van der Waals surface area contributed by atoms with Crippen molar-refractivity contribution < 1.29 is 4.39 Å². The highest BCUT2D eigenvalue weighted by Crippen LogP contribution is 2.17. The lowest BCUT2D eigenvalue weighted by Gasteiger charge is -2.21. The van der Waals surface area contributed by atoms with Gasteiger partial charge in [-0.3, -0.25) is 0 Å². The van der Waals surface area contributed by atoms with Gasteiger partial charge in [-0.1, -0.05) is 11.8 Å². The van der Waals surface area contributed by atoms with Gasteiger partial charge in [-0.25, -0.2) is 4.39 Å². The maximum atomic E-state index is 13.6. The summed E-state index contributed by atoms with van der Waals surface area (Å²) >= 11 is 0. The molecular weight excluding hydrogens is 265 g/mol. The lowest BCUT2D eigenvalue weighted by molar-refractivity contribution is 0.267. The minimum atomic E-state index is -0.233. The Morgan fingerprint density at radius 2 is 2.24 bits per heavy atom. The zero-order valence-electron chi connectivity index (χ0n) is 12.9. The van der Waals surface area contributed by atoms with Crippen LogP contribution in [0.4, 0.5) is 4.39 Å². The monoisotopic (exact) mass is 289 g/mol. The predicted octanol–water partition coefficient (Wildman–Crippen LogP) is 1.52. The van der Waals surface area contributed by atoms with Crippen molar-refractivity contribution >= 4 is 0 Å². The molecule has 1 aromatic rings. The molecule has 0 aromatic heterocycles. The summed E-state index contributed by atoms with van der Waals surface area (Å²) in [5.74, 6) is 6.14. The van der Waals surface area contributed by atoms with Gasteiger partial charge in [0.25, 0.3) is 0 Å². The number of hydrogen-bond acceptors (Lipinski definition) is 3. The zero-order valence-corrected chi connectivity index (χ0v) is 12.9. The fourth-order valence-electron chi connectivity index (χ4n) is 2.96. The van der Waals surface area contributed by atoms with Crippen LogP contribution in [0.3, 0.4) is 0 Å². The van der Waals surface area contributed by atoms with Gasteiger partial charge in [-0.05, 0) is 56.7 Å². The van der Waals surface area contributed by atoms with Crippen LogP contribution in [0.25, 0.3) is 0 Å². The van der Waals surface area contributed by atoms with Crippen molar-refractivity contribution in [3.05, 3.63) is 35.1 Å². The number of halogens is 1. The van der Waals surface area contributed by atoms with Crippen LogP contribution in [-0.2, 0) is 6.54 Å². The Morgan fingerprint density at radius 3 is 2.90 bits per heavy atom. The molecule has 0 amide bonds. The molecule has 1 saturated heterocycles. The number of rotatable bonds is 4. The van der Waals surface area contributed by atoms with E-state index in [9.17, 15) is 4.39 Å². The lowest BCUT2D eigenvalue weighted by atomic mass is 10.1. The van der Waals surface area contributed by atoms with Crippen LogP contribution in [0.5, 0.6) is 0 Å². The van der Waals surface area contributed by atoms with Gasteiger partial charge in [0.1, 0.15) is 5.82 Å². The molecule has 21 heavy (non-hydrogen) atoms. The minimum absolute atomic E-state index is 0.233. The van der Waals surface area contributed by atoms with E-state index in [1.54, 1.807) is 6.07 Å². The molecule has 2 N–H and O–H groups in total. The predicted molar refractivity (Wildman–Crippen MR) is 84.3 cm³/mol. The van der Waals surface area contributed by atoms with Gasteiger partial charge in [0.15, 0.2) is 0 Å². The first-order valence-corrected chi connectivity index (χ1v) is 7.42. The van der Waals surface area contributed by atoms with E-state index in [-0.39, 0.29) is 5.82 Å². The van der Waals surface area contributed by atoms with Crippen molar-refractivity contribution in [2.24, 2.45) is 11.7 Å². The molecule has 1 aliphatic rings. The van der Waals surface area contributed by atoms with Crippen LogP contribution in [0, 0.1) is 23.6 Å². The molecule has 0 radical (unpaired) electrons. The first-order valence-electron chi connectivity index (χ1n) is 7.42. The van der Waals surface area contributed by atoms with Gasteiger partial charge in [-0.15, -0.1) is 0 Å². The summed E-state index contributed by atoms with van der Waals surface area (Å²) < 4.78 is 13.6. The highest BCUT2D eigenvalue weighted by atomic mass is 19.1. The number of nitrogens with two attached hydrogens (primary N) is 1. The van der Waals surface area contributed by atoms with Crippen molar-refractivity contribution in [1.29, 1.82) is 0 Å². The number of nitrogens with zero attached hydrogens (tertiary/aromatic N) is 2. The third-order valence-electron chi connectivity index (χ3n) is 3.80. The van der Waals surface area contributed by atoms with E-state index in [1.807, 2.05) is 6.07 Å². The molecule has 1 aliphatic heterocycles. The van der Waals surface area contributed by atoms with Crippen molar-refractivity contribution in [2.75, 3.05) is 40.3 Å². The Bertz CT molecular complexity index is 533. The Morgan fingerprint density at radius 1 is 1.43 bits per heavy atom. The highest BCUT2D eigenvalue weighted by Gasteiger charge is 2.20. The van der Waals surface area contributed by atoms with Gasteiger partial charge >= 0.3 is 0 Å². The smallest absolute Gasteiger partial charge is 0.124 e. The van der Waals surface area contributed by atoms with E-state index in [4.69, 9.17) is 5.73 Å². The second kappa shape index (κ2) is 7.56. The molecule has 2 rings (SSSR count). The standard InChI is InChI=1S/C17H24FN3/c1-20-7-5-15(11-20)12-21(2)13-16-8-14(4-3-6-19)9-17(18)10-16/h8-10,15H,5-7,11-13,19H2,1-2H3. The second-order valence-corrected chi connectivity index (χ2v) is 5.97. The first kappa shape index (κ1) is 16.0. The number of benzene rings is 1. The molecule has 4 heteroatoms. The summed E-state index contributed by atoms with van der Waals surface area (Å²) in [5, 5.41) is 0. The van der Waals surface area contributed by atoms with Gasteiger partial charge in [0.2, 0.25) is 0 Å². The van der Waals surface area contributed by atoms with E-state index < -0.39 is 0 Å². The summed E-state index contributed by atoms with van der Waals surface area (Å²) in [6.07, 6.45) is 1.25. The fraction of sp³-hybridized carbons (Fsp3) is 0.529. The van der Waals surface area contributed by atoms with E-state index in [0.29, 0.717) is 18.0 Å². The van der Waals surface area contributed by atoms with Crippen LogP contribution < -0.4 is 5.73 Å². The largest absolute Gasteiger partial charge is 0.320 e. The second-order valence-electron chi connectivity index (χ2n) is 5.97. The minimum Gasteiger partial charge on any atom is -0.320 e. The van der Waals surface area contributed by atoms with Crippen LogP contribution in [0.2, 0.25) is 0 Å². The van der Waals surface area contributed by atoms with Gasteiger partial charge in [-0.2, -0.15) is 0 Å². The average molecular weight is 289 g/mol. The maximum Gasteiger partial charge on any atom is 0.124 e. The Labute approximate surface area is 126 Å². The first-order chi connectivity index (χ1) is 10.1. The average Bonchev–Trinajstić information content (AvgIpc) is 2.80. The topological polar surface area (TPSA) is 32.5 Å². The molecule has 3 nitrogen and oxygen atoms in total. The van der Waals surface area contributed by atoms with Gasteiger partial charge in [0, 0.05) is 25.2 Å². The van der Waals surface area contributed by atoms with Crippen LogP contribution >= 0.6 is 0 Å². The van der Waals surface area contributed by atoms with E-state index >= 15 is 0 Å². The molecule has 114 valence electrons. The molecule has 1 aromatic carbocycles. The maximum absolute atomic E-state index is 13.6. The zero-order chi connectivity index (χ0) is 15.2. The van der Waals surface area contributed by atoms with Gasteiger partial charge < -0.3 is 15.5 Å². The normalized spacial score (nSPS) is 18.8. The molecule has 1 heterocycles. The summed E-state index contributed by atoms with van der Waals surface area (Å²) in [5.41, 5.74) is 7.02. The summed E-state index contributed by atoms with van der Waals surface area (Å²) in [6.45, 7) is 4.42. The van der Waals surface area contributed by atoms with Crippen molar-refractivity contribution in [2.45, 2.75) is 13.0 Å². The molecule has 1 atom stereocenters. The van der Waals surface area contributed by atoms with Gasteiger partial charge in [0.05, 0.1) is 6.54 Å². The van der Waals surface area contributed by atoms with E-state index in [1.165, 1.54) is 19.0 Å². The molecule has 0 spiro atoms. The SMILES string of the molecule is CN1CCC(CN(C)Cc2cc(F)cc(C#CCN)c2)C1. The Balaban J connectivity index is 1.96. The fourth-order valence-corrected chi connectivity index (χ4v) is 2.96. The van der Waals surface area contributed by atoms with Crippen molar-refractivity contribution in [3.8, 4) is 11.8 Å². The Kier molecular flexibility index (Phi) is 5.75. The van der Waals surface area contributed by atoms with Crippen LogP contribution in [0.1, 0.15) is 17.5 Å². The van der Waals surface area contributed by atoms with Crippen molar-refractivity contribution in [1.82, 2.24) is 9.80 Å². The number of likely N-dealkylation sites (tertiary alicyclic amines) is 1. The lowest BCUT2D eigenvalue weighted by Crippen LogP contribution is -2.27. The third kappa shape index (κ3) is 5.13. The summed E-state index contributed by atoms with van der Waals surface area (Å²) in [4.78, 5) is 4.62.